The molecular formula is C16H24N2O4S. The summed E-state index contributed by atoms with van der Waals surface area (Å²) in [7, 11) is -0.838. The lowest BCUT2D eigenvalue weighted by Gasteiger charge is -2.29. The van der Waals surface area contributed by atoms with E-state index in [4.69, 9.17) is 4.74 Å². The zero-order chi connectivity index (χ0) is 17.0. The Balaban J connectivity index is 2.35. The molecule has 23 heavy (non-hydrogen) atoms. The first kappa shape index (κ1) is 17.7. The first-order valence-corrected chi connectivity index (χ1v) is 9.30. The fourth-order valence-electron chi connectivity index (χ4n) is 2.93. The van der Waals surface area contributed by atoms with Gasteiger partial charge in [0, 0.05) is 18.7 Å². The van der Waals surface area contributed by atoms with Crippen LogP contribution in [0.15, 0.2) is 23.1 Å². The van der Waals surface area contributed by atoms with E-state index in [0.717, 1.165) is 25.7 Å². The first-order chi connectivity index (χ1) is 10.9. The molecule has 0 spiro atoms. The molecule has 0 bridgehead atoms. The van der Waals surface area contributed by atoms with Crippen LogP contribution in [0.1, 0.15) is 43.0 Å². The van der Waals surface area contributed by atoms with E-state index in [-0.39, 0.29) is 28.2 Å². The molecule has 0 aliphatic heterocycles. The van der Waals surface area contributed by atoms with E-state index in [0.29, 0.717) is 5.92 Å². The summed E-state index contributed by atoms with van der Waals surface area (Å²) in [5, 5.41) is 2.49. The molecule has 1 aliphatic carbocycles. The SMILES string of the molecule is CNC(=O)c1ccc(OC)c(S(=O)(=O)N[C@@H]2CCCC[C@@H]2C)c1. The molecule has 0 aromatic heterocycles. The van der Waals surface area contributed by atoms with Crippen LogP contribution in [0, 0.1) is 5.92 Å². The predicted octanol–water partition coefficient (Wildman–Crippen LogP) is 1.91. The van der Waals surface area contributed by atoms with Crippen molar-refractivity contribution < 1.29 is 17.9 Å². The van der Waals surface area contributed by atoms with Crippen LogP contribution >= 0.6 is 0 Å². The molecule has 1 amide bonds. The number of amides is 1. The number of hydrogen-bond acceptors (Lipinski definition) is 4. The highest BCUT2D eigenvalue weighted by atomic mass is 32.2. The minimum atomic E-state index is -3.75. The Bertz CT molecular complexity index is 673. The maximum atomic E-state index is 12.8. The van der Waals surface area contributed by atoms with Crippen molar-refractivity contribution in [3.8, 4) is 5.75 Å². The topological polar surface area (TPSA) is 84.5 Å². The minimum absolute atomic E-state index is 0.00104. The van der Waals surface area contributed by atoms with Gasteiger partial charge in [-0.05, 0) is 37.0 Å². The standard InChI is InChI=1S/C16H24N2O4S/c1-11-6-4-5-7-13(11)18-23(20,21)15-10-12(16(19)17-2)8-9-14(15)22-3/h8-11,13,18H,4-7H2,1-3H3,(H,17,19)/t11-,13+/m0/s1. The van der Waals surface area contributed by atoms with E-state index in [9.17, 15) is 13.2 Å². The minimum Gasteiger partial charge on any atom is -0.495 e. The first-order valence-electron chi connectivity index (χ1n) is 7.81. The normalized spacial score (nSPS) is 21.7. The third-order valence-electron chi connectivity index (χ3n) is 4.36. The van der Waals surface area contributed by atoms with Crippen LogP contribution in [0.2, 0.25) is 0 Å². The van der Waals surface area contributed by atoms with Gasteiger partial charge in [0.25, 0.3) is 5.91 Å². The van der Waals surface area contributed by atoms with Crippen LogP contribution in [-0.2, 0) is 10.0 Å². The summed E-state index contributed by atoms with van der Waals surface area (Å²) in [6.45, 7) is 2.06. The van der Waals surface area contributed by atoms with Gasteiger partial charge in [-0.1, -0.05) is 19.8 Å². The van der Waals surface area contributed by atoms with Crippen molar-refractivity contribution in [2.75, 3.05) is 14.2 Å². The largest absolute Gasteiger partial charge is 0.495 e. The van der Waals surface area contributed by atoms with Gasteiger partial charge in [0.15, 0.2) is 0 Å². The van der Waals surface area contributed by atoms with Crippen LogP contribution in [0.3, 0.4) is 0 Å². The van der Waals surface area contributed by atoms with Crippen molar-refractivity contribution in [1.82, 2.24) is 10.0 Å². The smallest absolute Gasteiger partial charge is 0.251 e. The third kappa shape index (κ3) is 4.03. The molecule has 1 saturated carbocycles. The molecule has 1 aromatic carbocycles. The second-order valence-electron chi connectivity index (χ2n) is 5.93. The zero-order valence-corrected chi connectivity index (χ0v) is 14.6. The molecule has 0 saturated heterocycles. The summed E-state index contributed by atoms with van der Waals surface area (Å²) >= 11 is 0. The van der Waals surface area contributed by atoms with Crippen LogP contribution in [0.4, 0.5) is 0 Å². The summed E-state index contributed by atoms with van der Waals surface area (Å²) in [6, 6.07) is 4.32. The summed E-state index contributed by atoms with van der Waals surface area (Å²) in [4.78, 5) is 11.8. The maximum Gasteiger partial charge on any atom is 0.251 e. The van der Waals surface area contributed by atoms with Gasteiger partial charge in [-0.3, -0.25) is 4.79 Å². The molecular weight excluding hydrogens is 316 g/mol. The monoisotopic (exact) mass is 340 g/mol. The lowest BCUT2D eigenvalue weighted by molar-refractivity contribution is 0.0963. The summed E-state index contributed by atoms with van der Waals surface area (Å²) < 4.78 is 33.5. The molecule has 2 atom stereocenters. The molecule has 0 heterocycles. The summed E-state index contributed by atoms with van der Waals surface area (Å²) in [5.41, 5.74) is 0.283. The van der Waals surface area contributed by atoms with E-state index in [1.54, 1.807) is 6.07 Å². The Labute approximate surface area is 137 Å². The zero-order valence-electron chi connectivity index (χ0n) is 13.8. The number of benzene rings is 1. The lowest BCUT2D eigenvalue weighted by Crippen LogP contribution is -2.41. The van der Waals surface area contributed by atoms with Crippen LogP contribution in [0.25, 0.3) is 0 Å². The molecule has 0 radical (unpaired) electrons. The molecule has 2 rings (SSSR count). The maximum absolute atomic E-state index is 12.8. The highest BCUT2D eigenvalue weighted by Gasteiger charge is 2.29. The Morgan fingerprint density at radius 2 is 1.96 bits per heavy atom. The number of methoxy groups -OCH3 is 1. The van der Waals surface area contributed by atoms with Crippen LogP contribution in [-0.4, -0.2) is 34.5 Å². The molecule has 2 N–H and O–H groups in total. The number of hydrogen-bond donors (Lipinski definition) is 2. The number of ether oxygens (including phenoxy) is 1. The second-order valence-corrected chi connectivity index (χ2v) is 7.62. The van der Waals surface area contributed by atoms with Crippen molar-refractivity contribution in [1.29, 1.82) is 0 Å². The van der Waals surface area contributed by atoms with Gasteiger partial charge in [0.1, 0.15) is 10.6 Å². The van der Waals surface area contributed by atoms with Crippen molar-refractivity contribution in [3.63, 3.8) is 0 Å². The Kier molecular flexibility index (Phi) is 5.64. The Hall–Kier alpha value is -1.60. The average molecular weight is 340 g/mol. The van der Waals surface area contributed by atoms with Gasteiger partial charge >= 0.3 is 0 Å². The number of rotatable bonds is 5. The predicted molar refractivity (Wildman–Crippen MR) is 88.1 cm³/mol. The fraction of sp³-hybridized carbons (Fsp3) is 0.562. The summed E-state index contributed by atoms with van der Waals surface area (Å²) in [6.07, 6.45) is 4.00. The molecule has 6 nitrogen and oxygen atoms in total. The summed E-state index contributed by atoms with van der Waals surface area (Å²) in [5.74, 6) is 0.190. The highest BCUT2D eigenvalue weighted by Crippen LogP contribution is 2.29. The van der Waals surface area contributed by atoms with Gasteiger partial charge < -0.3 is 10.1 Å². The molecule has 1 aliphatic rings. The Morgan fingerprint density at radius 1 is 1.26 bits per heavy atom. The fourth-order valence-corrected chi connectivity index (χ4v) is 4.50. The van der Waals surface area contributed by atoms with Gasteiger partial charge in [-0.15, -0.1) is 0 Å². The second kappa shape index (κ2) is 7.31. The van der Waals surface area contributed by atoms with Gasteiger partial charge in [-0.25, -0.2) is 13.1 Å². The van der Waals surface area contributed by atoms with Crippen LogP contribution < -0.4 is 14.8 Å². The van der Waals surface area contributed by atoms with Crippen LogP contribution in [0.5, 0.6) is 5.75 Å². The van der Waals surface area contributed by atoms with E-state index in [2.05, 4.69) is 17.0 Å². The number of nitrogens with one attached hydrogen (secondary N) is 2. The van der Waals surface area contributed by atoms with Crippen molar-refractivity contribution in [2.45, 2.75) is 43.5 Å². The molecule has 128 valence electrons. The van der Waals surface area contributed by atoms with E-state index in [1.807, 2.05) is 0 Å². The average Bonchev–Trinajstić information content (AvgIpc) is 2.55. The van der Waals surface area contributed by atoms with Crippen molar-refractivity contribution >= 4 is 15.9 Å². The van der Waals surface area contributed by atoms with Gasteiger partial charge in [0.05, 0.1) is 7.11 Å². The molecule has 0 unspecified atom stereocenters. The Morgan fingerprint density at radius 3 is 2.57 bits per heavy atom. The number of sulfonamides is 1. The van der Waals surface area contributed by atoms with Gasteiger partial charge in [0.2, 0.25) is 10.0 Å². The van der Waals surface area contributed by atoms with E-state index in [1.165, 1.54) is 26.3 Å². The third-order valence-corrected chi connectivity index (χ3v) is 5.87. The quantitative estimate of drug-likeness (QED) is 0.857. The lowest BCUT2D eigenvalue weighted by atomic mass is 9.87. The van der Waals surface area contributed by atoms with Crippen molar-refractivity contribution in [3.05, 3.63) is 23.8 Å². The van der Waals surface area contributed by atoms with E-state index < -0.39 is 10.0 Å². The van der Waals surface area contributed by atoms with Gasteiger partial charge in [-0.2, -0.15) is 0 Å². The highest BCUT2D eigenvalue weighted by molar-refractivity contribution is 7.89. The molecule has 1 fully saturated rings. The number of carbonyl (C=O) groups excluding carboxylic acids is 1. The van der Waals surface area contributed by atoms with E-state index >= 15 is 0 Å². The number of carbonyl (C=O) groups is 1. The molecule has 1 aromatic rings. The van der Waals surface area contributed by atoms with Crippen molar-refractivity contribution in [2.24, 2.45) is 5.92 Å². The molecule has 7 heteroatoms.